The summed E-state index contributed by atoms with van der Waals surface area (Å²) in [4.78, 5) is 12.9. The molecule has 0 spiro atoms. The van der Waals surface area contributed by atoms with E-state index in [-0.39, 0.29) is 5.91 Å². The van der Waals surface area contributed by atoms with Crippen molar-refractivity contribution in [2.75, 3.05) is 11.9 Å². The van der Waals surface area contributed by atoms with E-state index in [0.717, 1.165) is 4.88 Å². The molecule has 0 aliphatic rings. The molecular formula is C14H10Cl2N2OS. The molecule has 0 bridgehead atoms. The lowest BCUT2D eigenvalue weighted by molar-refractivity contribution is 0.102. The summed E-state index contributed by atoms with van der Waals surface area (Å²) in [6.45, 7) is 0.291. The minimum Gasteiger partial charge on any atom is -0.321 e. The van der Waals surface area contributed by atoms with Crippen molar-refractivity contribution in [3.8, 4) is 11.8 Å². The first-order chi connectivity index (χ1) is 9.60. The number of benzene rings is 1. The van der Waals surface area contributed by atoms with Crippen LogP contribution in [-0.2, 0) is 0 Å². The number of nitrogens with two attached hydrogens (primary N) is 1. The first kappa shape index (κ1) is 14.9. The number of carbonyl (C=O) groups is 1. The maximum atomic E-state index is 12.1. The summed E-state index contributed by atoms with van der Waals surface area (Å²) in [6.07, 6.45) is 0. The summed E-state index contributed by atoms with van der Waals surface area (Å²) >= 11 is 13.2. The van der Waals surface area contributed by atoms with Crippen molar-refractivity contribution in [2.45, 2.75) is 0 Å². The maximum absolute atomic E-state index is 12.1. The van der Waals surface area contributed by atoms with Gasteiger partial charge in [-0.2, -0.15) is 0 Å². The highest BCUT2D eigenvalue weighted by Gasteiger charge is 2.10. The predicted molar refractivity (Wildman–Crippen MR) is 84.7 cm³/mol. The Kier molecular flexibility index (Phi) is 5.05. The van der Waals surface area contributed by atoms with Gasteiger partial charge >= 0.3 is 0 Å². The van der Waals surface area contributed by atoms with Crippen molar-refractivity contribution in [2.24, 2.45) is 5.73 Å². The van der Waals surface area contributed by atoms with Crippen molar-refractivity contribution < 1.29 is 4.79 Å². The summed E-state index contributed by atoms with van der Waals surface area (Å²) in [7, 11) is 0. The van der Waals surface area contributed by atoms with Crippen LogP contribution < -0.4 is 11.1 Å². The first-order valence-electron chi connectivity index (χ1n) is 5.64. The summed E-state index contributed by atoms with van der Waals surface area (Å²) in [5.41, 5.74) is 6.35. The van der Waals surface area contributed by atoms with Crippen LogP contribution in [0.15, 0.2) is 29.6 Å². The highest BCUT2D eigenvalue weighted by atomic mass is 35.5. The first-order valence-corrected chi connectivity index (χ1v) is 7.27. The van der Waals surface area contributed by atoms with Gasteiger partial charge in [-0.15, -0.1) is 11.3 Å². The second-order valence-electron chi connectivity index (χ2n) is 3.78. The van der Waals surface area contributed by atoms with E-state index in [1.165, 1.54) is 11.3 Å². The zero-order valence-electron chi connectivity index (χ0n) is 10.2. The number of amides is 1. The third kappa shape index (κ3) is 3.75. The fourth-order valence-electron chi connectivity index (χ4n) is 1.44. The van der Waals surface area contributed by atoms with Gasteiger partial charge in [0.15, 0.2) is 0 Å². The average molecular weight is 325 g/mol. The van der Waals surface area contributed by atoms with Gasteiger partial charge in [0.05, 0.1) is 27.7 Å². The molecular weight excluding hydrogens is 315 g/mol. The lowest BCUT2D eigenvalue weighted by Gasteiger charge is -2.06. The Morgan fingerprint density at radius 1 is 1.35 bits per heavy atom. The fourth-order valence-corrected chi connectivity index (χ4v) is 2.66. The molecule has 6 heteroatoms. The lowest BCUT2D eigenvalue weighted by Crippen LogP contribution is -2.11. The third-order valence-corrected chi connectivity index (χ3v) is 3.75. The van der Waals surface area contributed by atoms with Gasteiger partial charge in [0.25, 0.3) is 5.91 Å². The van der Waals surface area contributed by atoms with Crippen LogP contribution in [-0.4, -0.2) is 12.5 Å². The predicted octanol–water partition coefficient (Wildman–Crippen LogP) is 3.62. The summed E-state index contributed by atoms with van der Waals surface area (Å²) in [6, 6.07) is 6.61. The number of rotatable bonds is 2. The van der Waals surface area contributed by atoms with Crippen LogP contribution in [0.3, 0.4) is 0 Å². The van der Waals surface area contributed by atoms with E-state index in [9.17, 15) is 4.79 Å². The minimum absolute atomic E-state index is 0.244. The van der Waals surface area contributed by atoms with E-state index in [0.29, 0.717) is 27.8 Å². The van der Waals surface area contributed by atoms with Crippen LogP contribution in [0.2, 0.25) is 10.0 Å². The fraction of sp³-hybridized carbons (Fsp3) is 0.0714. The van der Waals surface area contributed by atoms with Gasteiger partial charge in [0.2, 0.25) is 0 Å². The monoisotopic (exact) mass is 324 g/mol. The lowest BCUT2D eigenvalue weighted by atomic mass is 10.2. The van der Waals surface area contributed by atoms with Crippen molar-refractivity contribution >= 4 is 46.1 Å². The van der Waals surface area contributed by atoms with Gasteiger partial charge in [-0.25, -0.2) is 0 Å². The summed E-state index contributed by atoms with van der Waals surface area (Å²) in [5, 5.41) is 5.37. The Morgan fingerprint density at radius 3 is 2.85 bits per heavy atom. The molecule has 0 radical (unpaired) electrons. The third-order valence-electron chi connectivity index (χ3n) is 2.35. The van der Waals surface area contributed by atoms with Gasteiger partial charge in [-0.05, 0) is 24.3 Å². The van der Waals surface area contributed by atoms with Gasteiger partial charge in [-0.1, -0.05) is 35.0 Å². The van der Waals surface area contributed by atoms with Crippen LogP contribution >= 0.6 is 34.5 Å². The molecule has 0 atom stereocenters. The highest BCUT2D eigenvalue weighted by Crippen LogP contribution is 2.26. The Labute approximate surface area is 130 Å². The molecule has 3 nitrogen and oxygen atoms in total. The number of thiophene rings is 1. The van der Waals surface area contributed by atoms with E-state index in [4.69, 9.17) is 28.9 Å². The van der Waals surface area contributed by atoms with Gasteiger partial charge < -0.3 is 11.1 Å². The Hall–Kier alpha value is -1.51. The van der Waals surface area contributed by atoms with Crippen LogP contribution in [0.25, 0.3) is 0 Å². The average Bonchev–Trinajstić information content (AvgIpc) is 2.88. The van der Waals surface area contributed by atoms with E-state index < -0.39 is 0 Å². The van der Waals surface area contributed by atoms with Gasteiger partial charge in [0, 0.05) is 10.4 Å². The normalized spacial score (nSPS) is 9.75. The van der Waals surface area contributed by atoms with E-state index in [1.807, 2.05) is 0 Å². The molecule has 1 aromatic heterocycles. The second-order valence-corrected chi connectivity index (χ2v) is 5.54. The zero-order chi connectivity index (χ0) is 14.5. The molecule has 0 aliphatic carbocycles. The molecule has 1 amide bonds. The van der Waals surface area contributed by atoms with Crippen molar-refractivity contribution in [3.05, 3.63) is 50.1 Å². The second kappa shape index (κ2) is 6.78. The molecule has 0 saturated carbocycles. The van der Waals surface area contributed by atoms with Crippen LogP contribution in [0.5, 0.6) is 0 Å². The summed E-state index contributed by atoms with van der Waals surface area (Å²) in [5.74, 6) is 5.38. The molecule has 20 heavy (non-hydrogen) atoms. The molecule has 2 rings (SSSR count). The number of halogens is 2. The summed E-state index contributed by atoms with van der Waals surface area (Å²) < 4.78 is 0. The molecule has 102 valence electrons. The number of carbonyl (C=O) groups excluding carboxylic acids is 1. The van der Waals surface area contributed by atoms with Crippen molar-refractivity contribution in [3.63, 3.8) is 0 Å². The quantitative estimate of drug-likeness (QED) is 0.829. The Morgan fingerprint density at radius 2 is 2.15 bits per heavy atom. The molecule has 0 saturated heterocycles. The van der Waals surface area contributed by atoms with Crippen LogP contribution in [0.4, 0.5) is 5.69 Å². The molecule has 3 N–H and O–H groups in total. The molecule has 2 aromatic rings. The number of anilines is 1. The van der Waals surface area contributed by atoms with Gasteiger partial charge in [-0.3, -0.25) is 4.79 Å². The largest absolute Gasteiger partial charge is 0.321 e. The molecule has 1 aromatic carbocycles. The van der Waals surface area contributed by atoms with Gasteiger partial charge in [0.1, 0.15) is 0 Å². The van der Waals surface area contributed by atoms with Crippen LogP contribution in [0.1, 0.15) is 15.2 Å². The molecule has 0 aliphatic heterocycles. The minimum atomic E-state index is -0.244. The number of nitrogens with one attached hydrogen (secondary N) is 1. The van der Waals surface area contributed by atoms with E-state index in [1.54, 1.807) is 29.6 Å². The zero-order valence-corrected chi connectivity index (χ0v) is 12.6. The Bertz CT molecular complexity index is 701. The highest BCUT2D eigenvalue weighted by molar-refractivity contribution is 7.10. The standard InChI is InChI=1S/C14H10Cl2N2OS/c15-10-3-4-13(12(16)7-10)18-14(19)9-6-11(20-8-9)2-1-5-17/h3-4,6-8H,5,17H2,(H,18,19). The topological polar surface area (TPSA) is 55.1 Å². The van der Waals surface area contributed by atoms with E-state index in [2.05, 4.69) is 17.2 Å². The SMILES string of the molecule is NCC#Cc1cc(C(=O)Nc2ccc(Cl)cc2Cl)cs1. The molecule has 1 heterocycles. The number of hydrogen-bond donors (Lipinski definition) is 2. The smallest absolute Gasteiger partial charge is 0.256 e. The van der Waals surface area contributed by atoms with Crippen LogP contribution in [0, 0.1) is 11.8 Å². The van der Waals surface area contributed by atoms with Crippen molar-refractivity contribution in [1.29, 1.82) is 0 Å². The number of hydrogen-bond acceptors (Lipinski definition) is 3. The van der Waals surface area contributed by atoms with Crippen molar-refractivity contribution in [1.82, 2.24) is 0 Å². The molecule has 0 unspecified atom stereocenters. The molecule has 0 fully saturated rings. The maximum Gasteiger partial charge on any atom is 0.256 e. The van der Waals surface area contributed by atoms with E-state index >= 15 is 0 Å². The Balaban J connectivity index is 2.13.